The number of carbonyl (C=O) groups is 1. The summed E-state index contributed by atoms with van der Waals surface area (Å²) in [6, 6.07) is 3.99. The summed E-state index contributed by atoms with van der Waals surface area (Å²) in [6.07, 6.45) is 1.86. The van der Waals surface area contributed by atoms with Crippen LogP contribution in [0.3, 0.4) is 0 Å². The Bertz CT molecular complexity index is 545. The molecule has 1 fully saturated rings. The number of hydrogen-bond donors (Lipinski definition) is 1. The summed E-state index contributed by atoms with van der Waals surface area (Å²) in [6.45, 7) is 1.84. The van der Waals surface area contributed by atoms with Crippen LogP contribution in [0, 0.1) is 10.1 Å². The minimum Gasteiger partial charge on any atom is -0.480 e. The van der Waals surface area contributed by atoms with Gasteiger partial charge in [0.2, 0.25) is 0 Å². The summed E-state index contributed by atoms with van der Waals surface area (Å²) in [4.78, 5) is 23.5. The second-order valence-corrected chi connectivity index (χ2v) is 5.38. The van der Waals surface area contributed by atoms with Crippen LogP contribution in [-0.4, -0.2) is 33.0 Å². The molecule has 0 spiro atoms. The lowest BCUT2D eigenvalue weighted by molar-refractivity contribution is -0.385. The van der Waals surface area contributed by atoms with Gasteiger partial charge in [-0.25, -0.2) is 0 Å². The Balaban J connectivity index is 2.27. The van der Waals surface area contributed by atoms with Gasteiger partial charge in [-0.2, -0.15) is 0 Å². The van der Waals surface area contributed by atoms with Gasteiger partial charge in [0.25, 0.3) is 5.69 Å². The minimum atomic E-state index is -0.923. The number of carboxylic acids is 1. The Labute approximate surface area is 121 Å². The van der Waals surface area contributed by atoms with Crippen molar-refractivity contribution in [2.75, 3.05) is 0 Å². The number of benzene rings is 1. The van der Waals surface area contributed by atoms with E-state index in [9.17, 15) is 14.9 Å². The second kappa shape index (κ2) is 5.76. The molecule has 1 unspecified atom stereocenters. The highest BCUT2D eigenvalue weighted by Gasteiger charge is 2.36. The summed E-state index contributed by atoms with van der Waals surface area (Å²) in [5, 5.41) is 20.5. The molecule has 1 atom stereocenters. The van der Waals surface area contributed by atoms with Gasteiger partial charge >= 0.3 is 5.97 Å². The van der Waals surface area contributed by atoms with Gasteiger partial charge in [-0.3, -0.25) is 19.8 Å². The second-order valence-electron chi connectivity index (χ2n) is 4.95. The van der Waals surface area contributed by atoms with Crippen LogP contribution >= 0.6 is 11.6 Å². The van der Waals surface area contributed by atoms with E-state index in [4.69, 9.17) is 16.7 Å². The quantitative estimate of drug-likeness (QED) is 0.645. The van der Waals surface area contributed by atoms with Crippen molar-refractivity contribution >= 4 is 23.3 Å². The number of carboxylic acid groups (broad SMARTS) is 1. The number of halogens is 1. The third-order valence-electron chi connectivity index (χ3n) is 3.47. The van der Waals surface area contributed by atoms with Crippen LogP contribution in [0.1, 0.15) is 25.3 Å². The fourth-order valence-electron chi connectivity index (χ4n) is 2.17. The minimum absolute atomic E-state index is 0.0688. The first-order valence-electron chi connectivity index (χ1n) is 6.31. The van der Waals surface area contributed by atoms with E-state index in [2.05, 4.69) is 0 Å². The maximum absolute atomic E-state index is 11.1. The third-order valence-corrected chi connectivity index (χ3v) is 3.70. The van der Waals surface area contributed by atoms with Crippen molar-refractivity contribution in [3.8, 4) is 0 Å². The van der Waals surface area contributed by atoms with Crippen LogP contribution in [-0.2, 0) is 11.3 Å². The van der Waals surface area contributed by atoms with E-state index in [0.29, 0.717) is 10.6 Å². The van der Waals surface area contributed by atoms with Crippen LogP contribution in [0.5, 0.6) is 0 Å². The largest absolute Gasteiger partial charge is 0.480 e. The highest BCUT2D eigenvalue weighted by Crippen LogP contribution is 2.32. The molecule has 2 rings (SSSR count). The maximum Gasteiger partial charge on any atom is 0.320 e. The molecule has 1 aromatic rings. The number of nitro benzene ring substituents is 1. The van der Waals surface area contributed by atoms with E-state index in [-0.39, 0.29) is 18.3 Å². The van der Waals surface area contributed by atoms with Crippen LogP contribution in [0.2, 0.25) is 5.02 Å². The molecule has 0 heterocycles. The van der Waals surface area contributed by atoms with Crippen LogP contribution in [0.4, 0.5) is 5.69 Å². The smallest absolute Gasteiger partial charge is 0.320 e. The maximum atomic E-state index is 11.1. The first kappa shape index (κ1) is 14.7. The van der Waals surface area contributed by atoms with E-state index in [1.54, 1.807) is 24.0 Å². The Morgan fingerprint density at radius 2 is 2.25 bits per heavy atom. The van der Waals surface area contributed by atoms with Gasteiger partial charge in [0.1, 0.15) is 6.04 Å². The molecule has 0 amide bonds. The lowest BCUT2D eigenvalue weighted by Gasteiger charge is -2.26. The van der Waals surface area contributed by atoms with Crippen molar-refractivity contribution in [2.45, 2.75) is 38.4 Å². The summed E-state index contributed by atoms with van der Waals surface area (Å²) >= 11 is 5.77. The Morgan fingerprint density at radius 1 is 1.60 bits per heavy atom. The van der Waals surface area contributed by atoms with Crippen molar-refractivity contribution in [1.82, 2.24) is 4.90 Å². The van der Waals surface area contributed by atoms with E-state index in [0.717, 1.165) is 12.8 Å². The zero-order chi connectivity index (χ0) is 14.9. The molecule has 1 aromatic carbocycles. The normalized spacial score (nSPS) is 16.1. The topological polar surface area (TPSA) is 83.7 Å². The van der Waals surface area contributed by atoms with Gasteiger partial charge in [-0.15, -0.1) is 0 Å². The predicted molar refractivity (Wildman–Crippen MR) is 73.8 cm³/mol. The first-order valence-corrected chi connectivity index (χ1v) is 6.69. The SMILES string of the molecule is CC(C(=O)O)N(Cc1ccc(Cl)cc1[N+](=O)[O-])C1CC1. The zero-order valence-corrected chi connectivity index (χ0v) is 11.7. The zero-order valence-electron chi connectivity index (χ0n) is 11.0. The predicted octanol–water partition coefficient (Wildman–Crippen LogP) is 2.69. The molecular weight excluding hydrogens is 284 g/mol. The summed E-state index contributed by atoms with van der Waals surface area (Å²) < 4.78 is 0. The van der Waals surface area contributed by atoms with E-state index >= 15 is 0 Å². The molecule has 1 aliphatic carbocycles. The Morgan fingerprint density at radius 3 is 2.75 bits per heavy atom. The standard InChI is InChI=1S/C13H15ClN2O4/c1-8(13(17)18)15(11-4-5-11)7-9-2-3-10(14)6-12(9)16(19)20/h2-3,6,8,11H,4-5,7H2,1H3,(H,17,18). The number of nitrogens with zero attached hydrogens (tertiary/aromatic N) is 2. The number of rotatable bonds is 6. The molecule has 0 saturated heterocycles. The van der Waals surface area contributed by atoms with E-state index < -0.39 is 16.9 Å². The molecule has 1 N–H and O–H groups in total. The first-order chi connectivity index (χ1) is 9.40. The Kier molecular flexibility index (Phi) is 4.25. The number of aliphatic carboxylic acids is 1. The van der Waals surface area contributed by atoms with E-state index in [1.165, 1.54) is 6.07 Å². The molecule has 0 aliphatic heterocycles. The Hall–Kier alpha value is -1.66. The van der Waals surface area contributed by atoms with Gasteiger partial charge in [-0.1, -0.05) is 11.6 Å². The molecule has 0 radical (unpaired) electrons. The van der Waals surface area contributed by atoms with Gasteiger partial charge in [-0.05, 0) is 31.9 Å². The fraction of sp³-hybridized carbons (Fsp3) is 0.462. The van der Waals surface area contributed by atoms with Crippen molar-refractivity contribution in [2.24, 2.45) is 0 Å². The highest BCUT2D eigenvalue weighted by molar-refractivity contribution is 6.30. The molecule has 1 saturated carbocycles. The molecule has 20 heavy (non-hydrogen) atoms. The molecule has 6 nitrogen and oxygen atoms in total. The molecular formula is C13H15ClN2O4. The molecule has 0 bridgehead atoms. The van der Waals surface area contributed by atoms with Crippen LogP contribution < -0.4 is 0 Å². The van der Waals surface area contributed by atoms with Gasteiger partial charge in [0.05, 0.1) is 4.92 Å². The van der Waals surface area contributed by atoms with Gasteiger partial charge in [0.15, 0.2) is 0 Å². The monoisotopic (exact) mass is 298 g/mol. The summed E-state index contributed by atoms with van der Waals surface area (Å²) in [7, 11) is 0. The third kappa shape index (κ3) is 3.26. The van der Waals surface area contributed by atoms with Crippen molar-refractivity contribution in [3.63, 3.8) is 0 Å². The lowest BCUT2D eigenvalue weighted by Crippen LogP contribution is -2.40. The summed E-state index contributed by atoms with van der Waals surface area (Å²) in [5.41, 5.74) is 0.417. The number of nitro groups is 1. The van der Waals surface area contributed by atoms with E-state index in [1.807, 2.05) is 0 Å². The number of hydrogen-bond acceptors (Lipinski definition) is 4. The van der Waals surface area contributed by atoms with Gasteiger partial charge in [0, 0.05) is 29.2 Å². The average Bonchev–Trinajstić information content (AvgIpc) is 3.20. The molecule has 1 aliphatic rings. The summed E-state index contributed by atoms with van der Waals surface area (Å²) in [5.74, 6) is -0.923. The average molecular weight is 299 g/mol. The van der Waals surface area contributed by atoms with Crippen molar-refractivity contribution < 1.29 is 14.8 Å². The van der Waals surface area contributed by atoms with Crippen LogP contribution in [0.25, 0.3) is 0 Å². The molecule has 108 valence electrons. The fourth-order valence-corrected chi connectivity index (χ4v) is 2.33. The van der Waals surface area contributed by atoms with Crippen LogP contribution in [0.15, 0.2) is 18.2 Å². The molecule has 7 heteroatoms. The van der Waals surface area contributed by atoms with Crippen molar-refractivity contribution in [3.05, 3.63) is 38.9 Å². The van der Waals surface area contributed by atoms with Gasteiger partial charge < -0.3 is 5.11 Å². The van der Waals surface area contributed by atoms with Crippen molar-refractivity contribution in [1.29, 1.82) is 0 Å². The highest BCUT2D eigenvalue weighted by atomic mass is 35.5. The molecule has 0 aromatic heterocycles. The lowest BCUT2D eigenvalue weighted by atomic mass is 10.1.